The molecule has 8 nitrogen and oxygen atoms in total. The number of carbonyl (C=O) groups is 3. The summed E-state index contributed by atoms with van der Waals surface area (Å²) in [5, 5.41) is 3.13. The van der Waals surface area contributed by atoms with Gasteiger partial charge in [0.15, 0.2) is 5.11 Å². The van der Waals surface area contributed by atoms with Gasteiger partial charge in [-0.1, -0.05) is 0 Å². The molecule has 1 aromatic heterocycles. The van der Waals surface area contributed by atoms with Gasteiger partial charge in [-0.25, -0.2) is 4.79 Å². The van der Waals surface area contributed by atoms with Crippen molar-refractivity contribution >= 4 is 40.8 Å². The van der Waals surface area contributed by atoms with Gasteiger partial charge in [-0.3, -0.25) is 14.5 Å². The van der Waals surface area contributed by atoms with Gasteiger partial charge in [0, 0.05) is 12.2 Å². The first kappa shape index (κ1) is 20.5. The lowest BCUT2D eigenvalue weighted by Crippen LogP contribution is -2.37. The summed E-state index contributed by atoms with van der Waals surface area (Å²) in [6.07, 6.45) is 1.49. The van der Waals surface area contributed by atoms with Crippen molar-refractivity contribution in [3.8, 4) is 0 Å². The third-order valence-electron chi connectivity index (χ3n) is 4.59. The normalized spacial score (nSPS) is 16.3. The van der Waals surface area contributed by atoms with Gasteiger partial charge >= 0.3 is 5.97 Å². The Morgan fingerprint density at radius 1 is 1.24 bits per heavy atom. The second-order valence-electron chi connectivity index (χ2n) is 6.41. The summed E-state index contributed by atoms with van der Waals surface area (Å²) >= 11 is 5.43. The molecule has 3 rings (SSSR count). The molecule has 0 aliphatic carbocycles. The van der Waals surface area contributed by atoms with E-state index < -0.39 is 12.0 Å². The molecule has 9 heteroatoms. The average Bonchev–Trinajstić information content (AvgIpc) is 3.30. The predicted octanol–water partition coefficient (Wildman–Crippen LogP) is 2.41. The van der Waals surface area contributed by atoms with E-state index in [4.69, 9.17) is 16.6 Å². The number of nitrogens with zero attached hydrogens (tertiary/aromatic N) is 2. The number of esters is 1. The first-order chi connectivity index (χ1) is 13.9. The number of rotatable bonds is 7. The van der Waals surface area contributed by atoms with Gasteiger partial charge in [0.1, 0.15) is 11.8 Å². The maximum atomic E-state index is 12.8. The molecule has 1 atom stereocenters. The highest BCUT2D eigenvalue weighted by Gasteiger charge is 2.42. The highest BCUT2D eigenvalue weighted by atomic mass is 32.1. The molecule has 0 saturated carbocycles. The zero-order valence-corrected chi connectivity index (χ0v) is 16.9. The van der Waals surface area contributed by atoms with Crippen LogP contribution in [0.25, 0.3) is 0 Å². The fourth-order valence-electron chi connectivity index (χ4n) is 3.13. The number of thiocarbonyl (C=S) groups is 1. The first-order valence-electron chi connectivity index (χ1n) is 9.07. The minimum Gasteiger partial charge on any atom is -0.467 e. The minimum absolute atomic E-state index is 0.0606. The van der Waals surface area contributed by atoms with Crippen LogP contribution >= 0.6 is 12.2 Å². The van der Waals surface area contributed by atoms with Crippen LogP contribution in [0.3, 0.4) is 0 Å². The lowest BCUT2D eigenvalue weighted by molar-refractivity contribution is -0.130. The molecule has 0 spiro atoms. The van der Waals surface area contributed by atoms with E-state index in [1.165, 1.54) is 12.0 Å². The molecule has 29 heavy (non-hydrogen) atoms. The molecule has 2 amide bonds. The summed E-state index contributed by atoms with van der Waals surface area (Å²) < 4.78 is 10.0. The SMILES string of the molecule is CCN1C(=O)C(CC(=O)Nc2ccc(C(=O)OC)cc2)N(Cc2ccco2)C1=S. The first-order valence-corrected chi connectivity index (χ1v) is 9.48. The largest absolute Gasteiger partial charge is 0.467 e. The average molecular weight is 415 g/mol. The standard InChI is InChI=1S/C20H21N3O5S/c1-3-22-18(25)16(23(20(22)29)12-15-5-4-10-28-15)11-17(24)21-14-8-6-13(7-9-14)19(26)27-2/h4-10,16H,3,11-12H2,1-2H3,(H,21,24). The van der Waals surface area contributed by atoms with Crippen LogP contribution in [-0.4, -0.2) is 52.4 Å². The molecule has 2 heterocycles. The van der Waals surface area contributed by atoms with Crippen molar-refractivity contribution in [2.75, 3.05) is 19.0 Å². The number of anilines is 1. The number of benzene rings is 1. The number of amides is 2. The van der Waals surface area contributed by atoms with Crippen LogP contribution in [0.1, 0.15) is 29.5 Å². The van der Waals surface area contributed by atoms with Gasteiger partial charge in [0.25, 0.3) is 5.91 Å². The molecule has 0 radical (unpaired) electrons. The summed E-state index contributed by atoms with van der Waals surface area (Å²) in [5.74, 6) is -0.345. The van der Waals surface area contributed by atoms with Crippen molar-refractivity contribution in [1.82, 2.24) is 9.80 Å². The van der Waals surface area contributed by atoms with E-state index in [-0.39, 0.29) is 18.2 Å². The Morgan fingerprint density at radius 2 is 1.97 bits per heavy atom. The Bertz CT molecular complexity index is 911. The second-order valence-corrected chi connectivity index (χ2v) is 6.77. The number of furan rings is 1. The van der Waals surface area contributed by atoms with Crippen molar-refractivity contribution in [3.05, 3.63) is 54.0 Å². The van der Waals surface area contributed by atoms with E-state index in [9.17, 15) is 14.4 Å². The lowest BCUT2D eigenvalue weighted by Gasteiger charge is -2.22. The van der Waals surface area contributed by atoms with E-state index in [0.717, 1.165) is 0 Å². The molecule has 1 aromatic carbocycles. The lowest BCUT2D eigenvalue weighted by atomic mass is 10.1. The molecule has 1 aliphatic heterocycles. The van der Waals surface area contributed by atoms with Gasteiger partial charge in [-0.05, 0) is 55.5 Å². The van der Waals surface area contributed by atoms with E-state index in [0.29, 0.717) is 35.2 Å². The minimum atomic E-state index is -0.707. The number of carbonyl (C=O) groups excluding carboxylic acids is 3. The van der Waals surface area contributed by atoms with Crippen LogP contribution in [0.15, 0.2) is 47.1 Å². The molecular formula is C20H21N3O5S. The quantitative estimate of drug-likeness (QED) is 0.548. The zero-order valence-electron chi connectivity index (χ0n) is 16.1. The molecule has 1 N–H and O–H groups in total. The van der Waals surface area contributed by atoms with Gasteiger partial charge in [0.05, 0.1) is 31.9 Å². The Labute approximate surface area is 173 Å². The number of nitrogens with one attached hydrogen (secondary N) is 1. The number of ether oxygens (including phenoxy) is 1. The van der Waals surface area contributed by atoms with E-state index in [1.807, 2.05) is 6.92 Å². The molecule has 0 bridgehead atoms. The number of likely N-dealkylation sites (N-methyl/N-ethyl adjacent to an activating group) is 1. The van der Waals surface area contributed by atoms with Gasteiger partial charge < -0.3 is 19.4 Å². The number of hydrogen-bond acceptors (Lipinski definition) is 6. The smallest absolute Gasteiger partial charge is 0.337 e. The highest BCUT2D eigenvalue weighted by Crippen LogP contribution is 2.24. The predicted molar refractivity (Wildman–Crippen MR) is 109 cm³/mol. The van der Waals surface area contributed by atoms with Crippen molar-refractivity contribution < 1.29 is 23.5 Å². The van der Waals surface area contributed by atoms with E-state index in [1.54, 1.807) is 47.6 Å². The number of hydrogen-bond donors (Lipinski definition) is 1. The fourth-order valence-corrected chi connectivity index (χ4v) is 3.54. The summed E-state index contributed by atoms with van der Waals surface area (Å²) in [5.41, 5.74) is 0.894. The maximum Gasteiger partial charge on any atom is 0.337 e. The van der Waals surface area contributed by atoms with Crippen molar-refractivity contribution in [1.29, 1.82) is 0 Å². The maximum absolute atomic E-state index is 12.8. The van der Waals surface area contributed by atoms with Gasteiger partial charge in [-0.2, -0.15) is 0 Å². The Hall–Kier alpha value is -3.20. The van der Waals surface area contributed by atoms with E-state index >= 15 is 0 Å². The Balaban J connectivity index is 1.70. The summed E-state index contributed by atoms with van der Waals surface area (Å²) in [4.78, 5) is 40.0. The van der Waals surface area contributed by atoms with Crippen molar-refractivity contribution in [2.24, 2.45) is 0 Å². The molecule has 1 aliphatic rings. The van der Waals surface area contributed by atoms with Crippen LogP contribution in [0.2, 0.25) is 0 Å². The van der Waals surface area contributed by atoms with Crippen LogP contribution in [0.5, 0.6) is 0 Å². The molecule has 2 aromatic rings. The molecular weight excluding hydrogens is 394 g/mol. The second kappa shape index (κ2) is 8.87. The fraction of sp³-hybridized carbons (Fsp3) is 0.300. The molecule has 1 saturated heterocycles. The molecule has 1 unspecified atom stereocenters. The number of methoxy groups -OCH3 is 1. The Kier molecular flexibility index (Phi) is 6.28. The monoisotopic (exact) mass is 415 g/mol. The van der Waals surface area contributed by atoms with Crippen molar-refractivity contribution in [2.45, 2.75) is 25.9 Å². The van der Waals surface area contributed by atoms with Crippen LogP contribution < -0.4 is 5.32 Å². The third kappa shape index (κ3) is 4.45. The van der Waals surface area contributed by atoms with Gasteiger partial charge in [0.2, 0.25) is 5.91 Å². The third-order valence-corrected chi connectivity index (χ3v) is 5.05. The summed E-state index contributed by atoms with van der Waals surface area (Å²) in [7, 11) is 1.30. The summed E-state index contributed by atoms with van der Waals surface area (Å²) in [6, 6.07) is 9.16. The highest BCUT2D eigenvalue weighted by molar-refractivity contribution is 7.80. The topological polar surface area (TPSA) is 92.1 Å². The summed E-state index contributed by atoms with van der Waals surface area (Å²) in [6.45, 7) is 2.57. The van der Waals surface area contributed by atoms with Crippen LogP contribution in [0, 0.1) is 0 Å². The molecule has 1 fully saturated rings. The van der Waals surface area contributed by atoms with E-state index in [2.05, 4.69) is 10.1 Å². The molecule has 152 valence electrons. The van der Waals surface area contributed by atoms with Crippen molar-refractivity contribution in [3.63, 3.8) is 0 Å². The van der Waals surface area contributed by atoms with Gasteiger partial charge in [-0.15, -0.1) is 0 Å². The van der Waals surface area contributed by atoms with Crippen LogP contribution in [-0.2, 0) is 20.9 Å². The zero-order chi connectivity index (χ0) is 21.0. The Morgan fingerprint density at radius 3 is 2.55 bits per heavy atom. The van der Waals surface area contributed by atoms with Crippen LogP contribution in [0.4, 0.5) is 5.69 Å².